The summed E-state index contributed by atoms with van der Waals surface area (Å²) >= 11 is 1.29. The van der Waals surface area contributed by atoms with E-state index in [1.807, 2.05) is 5.38 Å². The van der Waals surface area contributed by atoms with Crippen LogP contribution in [-0.2, 0) is 12.7 Å². The number of alkyl halides is 3. The molecule has 0 saturated heterocycles. The topological polar surface area (TPSA) is 55.4 Å². The third kappa shape index (κ3) is 4.68. The highest BCUT2D eigenvalue weighted by Gasteiger charge is 2.31. The number of aldehydes is 1. The van der Waals surface area contributed by atoms with Crippen molar-refractivity contribution in [2.45, 2.75) is 12.7 Å². The van der Waals surface area contributed by atoms with E-state index in [0.29, 0.717) is 22.3 Å². The fourth-order valence-electron chi connectivity index (χ4n) is 2.81. The Morgan fingerprint density at radius 1 is 1.13 bits per heavy atom. The molecule has 0 radical (unpaired) electrons. The van der Waals surface area contributed by atoms with Crippen molar-refractivity contribution in [3.05, 3.63) is 75.2 Å². The molecule has 0 aliphatic rings. The Hall–Kier alpha value is -3.20. The first-order chi connectivity index (χ1) is 14.2. The highest BCUT2D eigenvalue weighted by atomic mass is 32.1. The van der Waals surface area contributed by atoms with Gasteiger partial charge < -0.3 is 10.1 Å². The van der Waals surface area contributed by atoms with Crippen LogP contribution in [0.15, 0.2) is 47.8 Å². The molecule has 1 heterocycles. The monoisotopic (exact) mass is 437 g/mol. The number of hydrogen-bond acceptors (Lipinski definition) is 4. The maximum atomic E-state index is 14.0. The molecule has 0 spiro atoms. The van der Waals surface area contributed by atoms with Gasteiger partial charge in [-0.25, -0.2) is 4.39 Å². The molecular weight excluding hydrogens is 422 g/mol. The summed E-state index contributed by atoms with van der Waals surface area (Å²) in [6, 6.07) is 8.69. The van der Waals surface area contributed by atoms with E-state index in [1.54, 1.807) is 24.3 Å². The first-order valence-corrected chi connectivity index (χ1v) is 9.47. The van der Waals surface area contributed by atoms with Crippen molar-refractivity contribution in [1.29, 1.82) is 0 Å². The number of halogens is 4. The van der Waals surface area contributed by atoms with Crippen molar-refractivity contribution in [3.63, 3.8) is 0 Å². The highest BCUT2D eigenvalue weighted by Crippen LogP contribution is 2.31. The van der Waals surface area contributed by atoms with Gasteiger partial charge in [-0.15, -0.1) is 11.3 Å². The van der Waals surface area contributed by atoms with Crippen LogP contribution in [-0.4, -0.2) is 19.3 Å². The van der Waals surface area contributed by atoms with E-state index in [4.69, 9.17) is 4.74 Å². The van der Waals surface area contributed by atoms with Gasteiger partial charge in [-0.05, 0) is 52.9 Å². The zero-order chi connectivity index (χ0) is 21.9. The molecule has 0 atom stereocenters. The number of carbonyl (C=O) groups excluding carboxylic acids is 2. The number of benzene rings is 2. The molecule has 1 aromatic heterocycles. The lowest BCUT2D eigenvalue weighted by Crippen LogP contribution is -2.24. The number of rotatable bonds is 6. The molecule has 156 valence electrons. The number of ether oxygens (including phenoxy) is 1. The van der Waals surface area contributed by atoms with Gasteiger partial charge >= 0.3 is 6.18 Å². The molecule has 0 aliphatic carbocycles. The molecule has 0 fully saturated rings. The van der Waals surface area contributed by atoms with E-state index in [0.717, 1.165) is 23.5 Å². The summed E-state index contributed by atoms with van der Waals surface area (Å²) in [6.07, 6.45) is -3.95. The van der Waals surface area contributed by atoms with Crippen LogP contribution in [0.25, 0.3) is 11.1 Å². The van der Waals surface area contributed by atoms with Gasteiger partial charge in [0.05, 0.1) is 23.1 Å². The summed E-state index contributed by atoms with van der Waals surface area (Å²) in [5.41, 5.74) is 0.508. The normalized spacial score (nSPS) is 11.2. The Bertz CT molecular complexity index is 1090. The SMILES string of the molecule is COc1ccc(-c2csc(C=O)c2)cc1CNC(=O)c1ccc(C(F)(F)F)cc1F. The summed E-state index contributed by atoms with van der Waals surface area (Å²) in [5, 5.41) is 4.30. The Morgan fingerprint density at radius 2 is 1.90 bits per heavy atom. The third-order valence-corrected chi connectivity index (χ3v) is 5.19. The van der Waals surface area contributed by atoms with Gasteiger partial charge in [-0.3, -0.25) is 9.59 Å². The fourth-order valence-corrected chi connectivity index (χ4v) is 3.53. The van der Waals surface area contributed by atoms with Crippen molar-refractivity contribution >= 4 is 23.5 Å². The second kappa shape index (κ2) is 8.66. The van der Waals surface area contributed by atoms with Crippen molar-refractivity contribution in [2.24, 2.45) is 0 Å². The Morgan fingerprint density at radius 3 is 2.50 bits per heavy atom. The smallest absolute Gasteiger partial charge is 0.416 e. The van der Waals surface area contributed by atoms with E-state index in [2.05, 4.69) is 5.32 Å². The summed E-state index contributed by atoms with van der Waals surface area (Å²) in [6.45, 7) is -0.0407. The number of amides is 1. The summed E-state index contributed by atoms with van der Waals surface area (Å²) < 4.78 is 57.3. The number of carbonyl (C=O) groups is 2. The predicted molar refractivity (Wildman–Crippen MR) is 104 cm³/mol. The van der Waals surface area contributed by atoms with E-state index in [1.165, 1.54) is 18.4 Å². The lowest BCUT2D eigenvalue weighted by Gasteiger charge is -2.13. The average molecular weight is 437 g/mol. The Balaban J connectivity index is 1.80. The van der Waals surface area contributed by atoms with Crippen LogP contribution in [0.2, 0.25) is 0 Å². The molecule has 0 unspecified atom stereocenters. The van der Waals surface area contributed by atoms with Crippen molar-refractivity contribution in [2.75, 3.05) is 7.11 Å². The first-order valence-electron chi connectivity index (χ1n) is 8.59. The standard InChI is InChI=1S/C21H15F4NO3S/c1-29-19-5-2-12(14-7-16(10-27)30-11-14)6-13(19)9-26-20(28)17-4-3-15(8-18(17)22)21(23,24)25/h2-8,10-11H,9H2,1H3,(H,26,28). The number of nitrogens with one attached hydrogen (secondary N) is 1. The summed E-state index contributed by atoms with van der Waals surface area (Å²) in [4.78, 5) is 23.7. The summed E-state index contributed by atoms with van der Waals surface area (Å²) in [5.74, 6) is -1.65. The molecule has 0 saturated carbocycles. The minimum Gasteiger partial charge on any atom is -0.496 e. The van der Waals surface area contributed by atoms with Gasteiger partial charge in [0.15, 0.2) is 6.29 Å². The van der Waals surface area contributed by atoms with Crippen LogP contribution in [0.4, 0.5) is 17.6 Å². The molecule has 1 N–H and O–H groups in total. The Kier molecular flexibility index (Phi) is 6.21. The molecule has 2 aromatic carbocycles. The zero-order valence-corrected chi connectivity index (χ0v) is 16.4. The van der Waals surface area contributed by atoms with E-state index >= 15 is 0 Å². The third-order valence-electron chi connectivity index (χ3n) is 4.33. The van der Waals surface area contributed by atoms with E-state index in [-0.39, 0.29) is 12.6 Å². The lowest BCUT2D eigenvalue weighted by molar-refractivity contribution is -0.137. The van der Waals surface area contributed by atoms with Crippen molar-refractivity contribution < 1.29 is 31.9 Å². The van der Waals surface area contributed by atoms with Crippen LogP contribution in [0.3, 0.4) is 0 Å². The minimum atomic E-state index is -4.70. The predicted octanol–water partition coefficient (Wildman–Crippen LogP) is 5.32. The molecule has 0 aliphatic heterocycles. The van der Waals surface area contributed by atoms with Gasteiger partial charge in [0.2, 0.25) is 0 Å². The van der Waals surface area contributed by atoms with E-state index < -0.39 is 29.0 Å². The van der Waals surface area contributed by atoms with Crippen molar-refractivity contribution in [1.82, 2.24) is 5.32 Å². The van der Waals surface area contributed by atoms with Crippen LogP contribution in [0, 0.1) is 5.82 Å². The number of thiophene rings is 1. The molecule has 4 nitrogen and oxygen atoms in total. The zero-order valence-electron chi connectivity index (χ0n) is 15.5. The molecule has 0 bridgehead atoms. The second-order valence-electron chi connectivity index (χ2n) is 6.26. The van der Waals surface area contributed by atoms with Gasteiger partial charge in [0.1, 0.15) is 11.6 Å². The molecular formula is C21H15F4NO3S. The van der Waals surface area contributed by atoms with Crippen LogP contribution >= 0.6 is 11.3 Å². The minimum absolute atomic E-state index is 0.0407. The lowest BCUT2D eigenvalue weighted by atomic mass is 10.0. The highest BCUT2D eigenvalue weighted by molar-refractivity contribution is 7.12. The average Bonchev–Trinajstić information content (AvgIpc) is 3.20. The summed E-state index contributed by atoms with van der Waals surface area (Å²) in [7, 11) is 1.45. The number of hydrogen-bond donors (Lipinski definition) is 1. The second-order valence-corrected chi connectivity index (χ2v) is 7.20. The van der Waals surface area contributed by atoms with Gasteiger partial charge in [0.25, 0.3) is 5.91 Å². The first kappa shape index (κ1) is 21.5. The van der Waals surface area contributed by atoms with Crippen molar-refractivity contribution in [3.8, 4) is 16.9 Å². The molecule has 1 amide bonds. The molecule has 3 aromatic rings. The maximum absolute atomic E-state index is 14.0. The number of methoxy groups -OCH3 is 1. The van der Waals surface area contributed by atoms with Gasteiger partial charge in [0, 0.05) is 12.1 Å². The van der Waals surface area contributed by atoms with Crippen LogP contribution in [0.1, 0.15) is 31.2 Å². The molecule has 30 heavy (non-hydrogen) atoms. The van der Waals surface area contributed by atoms with Gasteiger partial charge in [-0.2, -0.15) is 13.2 Å². The molecule has 3 rings (SSSR count). The van der Waals surface area contributed by atoms with Gasteiger partial charge in [-0.1, -0.05) is 6.07 Å². The Labute approximate surface area is 173 Å². The fraction of sp³-hybridized carbons (Fsp3) is 0.143. The van der Waals surface area contributed by atoms with E-state index in [9.17, 15) is 27.2 Å². The molecule has 9 heteroatoms. The maximum Gasteiger partial charge on any atom is 0.416 e. The van der Waals surface area contributed by atoms with Crippen LogP contribution in [0.5, 0.6) is 5.75 Å². The largest absolute Gasteiger partial charge is 0.496 e. The quantitative estimate of drug-likeness (QED) is 0.419. The van der Waals surface area contributed by atoms with Crippen LogP contribution < -0.4 is 10.1 Å².